The van der Waals surface area contributed by atoms with Gasteiger partial charge in [-0.2, -0.15) is 0 Å². The number of rotatable bonds is 7. The van der Waals surface area contributed by atoms with Crippen molar-refractivity contribution in [3.05, 3.63) is 64.5 Å². The fourth-order valence-electron chi connectivity index (χ4n) is 3.19. The molecule has 6 heteroatoms. The minimum atomic E-state index is -0.448. The second kappa shape index (κ2) is 8.58. The quantitative estimate of drug-likeness (QED) is 0.700. The van der Waals surface area contributed by atoms with Crippen molar-refractivity contribution in [3.63, 3.8) is 0 Å². The number of nitrogens with zero attached hydrogens (tertiary/aromatic N) is 1. The van der Waals surface area contributed by atoms with Crippen LogP contribution in [0, 0.1) is 0 Å². The van der Waals surface area contributed by atoms with Crippen LogP contribution in [0.3, 0.4) is 0 Å². The minimum absolute atomic E-state index is 0.161. The number of carbonyl (C=O) groups is 3. The Bertz CT molecular complexity index is 875. The summed E-state index contributed by atoms with van der Waals surface area (Å²) in [4.78, 5) is 39.3. The maximum Gasteiger partial charge on any atom is 0.338 e. The van der Waals surface area contributed by atoms with E-state index < -0.39 is 5.97 Å². The lowest BCUT2D eigenvalue weighted by Gasteiger charge is -2.08. The molecule has 1 aromatic carbocycles. The third-order valence-electron chi connectivity index (χ3n) is 4.65. The Morgan fingerprint density at radius 3 is 2.81 bits per heavy atom. The van der Waals surface area contributed by atoms with Crippen LogP contribution in [0.15, 0.2) is 36.7 Å². The summed E-state index contributed by atoms with van der Waals surface area (Å²) < 4.78 is 10.0. The summed E-state index contributed by atoms with van der Waals surface area (Å²) in [5.41, 5.74) is 4.01. The van der Waals surface area contributed by atoms with Crippen LogP contribution in [0.2, 0.25) is 0 Å². The molecule has 2 aromatic rings. The lowest BCUT2D eigenvalue weighted by atomic mass is 10.0. The van der Waals surface area contributed by atoms with E-state index in [9.17, 15) is 14.4 Å². The Morgan fingerprint density at radius 1 is 1.15 bits per heavy atom. The summed E-state index contributed by atoms with van der Waals surface area (Å²) in [5.74, 6) is -0.577. The van der Waals surface area contributed by atoms with E-state index in [1.54, 1.807) is 12.3 Å². The Hall–Kier alpha value is -3.02. The maximum absolute atomic E-state index is 12.0. The number of hydrogen-bond donors (Lipinski definition) is 0. The SMILES string of the molecule is COC(=O)c1ccncc1CCC(=O)OCCc1ccc2c(c1)CCC2=O. The first-order valence-corrected chi connectivity index (χ1v) is 8.90. The van der Waals surface area contributed by atoms with Crippen molar-refractivity contribution < 1.29 is 23.9 Å². The first-order valence-electron chi connectivity index (χ1n) is 8.90. The zero-order valence-corrected chi connectivity index (χ0v) is 15.2. The highest BCUT2D eigenvalue weighted by Gasteiger charge is 2.19. The molecule has 1 aliphatic carbocycles. The zero-order chi connectivity index (χ0) is 19.2. The predicted octanol–water partition coefficient (Wildman–Crippen LogP) is 2.72. The number of hydrogen-bond acceptors (Lipinski definition) is 6. The lowest BCUT2D eigenvalue weighted by molar-refractivity contribution is -0.143. The van der Waals surface area contributed by atoms with E-state index in [1.165, 1.54) is 13.3 Å². The molecule has 0 spiro atoms. The predicted molar refractivity (Wildman–Crippen MR) is 97.7 cm³/mol. The Labute approximate surface area is 157 Å². The minimum Gasteiger partial charge on any atom is -0.465 e. The maximum atomic E-state index is 12.0. The number of benzene rings is 1. The van der Waals surface area contributed by atoms with Crippen LogP contribution in [0.25, 0.3) is 0 Å². The van der Waals surface area contributed by atoms with Gasteiger partial charge in [0.15, 0.2) is 5.78 Å². The molecule has 140 valence electrons. The molecule has 0 bridgehead atoms. The zero-order valence-electron chi connectivity index (χ0n) is 15.2. The van der Waals surface area contributed by atoms with E-state index in [4.69, 9.17) is 9.47 Å². The molecule has 1 aliphatic rings. The van der Waals surface area contributed by atoms with Gasteiger partial charge in [0.25, 0.3) is 0 Å². The number of Topliss-reactive ketones (excluding diaryl/α,β-unsaturated/α-hetero) is 1. The summed E-state index contributed by atoms with van der Waals surface area (Å²) >= 11 is 0. The summed E-state index contributed by atoms with van der Waals surface area (Å²) in [6, 6.07) is 7.37. The number of aromatic nitrogens is 1. The smallest absolute Gasteiger partial charge is 0.338 e. The number of aryl methyl sites for hydroxylation is 2. The van der Waals surface area contributed by atoms with Crippen molar-refractivity contribution in [1.82, 2.24) is 4.98 Å². The first kappa shape index (κ1) is 18.8. The van der Waals surface area contributed by atoms with Crippen LogP contribution in [0.4, 0.5) is 0 Å². The highest BCUT2D eigenvalue weighted by atomic mass is 16.5. The topological polar surface area (TPSA) is 82.6 Å². The molecule has 0 saturated carbocycles. The van der Waals surface area contributed by atoms with E-state index in [0.717, 1.165) is 23.1 Å². The molecule has 0 N–H and O–H groups in total. The van der Waals surface area contributed by atoms with Crippen molar-refractivity contribution in [3.8, 4) is 0 Å². The monoisotopic (exact) mass is 367 g/mol. The Kier molecular flexibility index (Phi) is 5.96. The summed E-state index contributed by atoms with van der Waals surface area (Å²) in [6.07, 6.45) is 5.56. The summed E-state index contributed by atoms with van der Waals surface area (Å²) in [6.45, 7) is 0.280. The Balaban J connectivity index is 1.47. The van der Waals surface area contributed by atoms with Gasteiger partial charge in [-0.1, -0.05) is 18.2 Å². The van der Waals surface area contributed by atoms with Gasteiger partial charge in [0.05, 0.1) is 19.3 Å². The molecule has 6 nitrogen and oxygen atoms in total. The highest BCUT2D eigenvalue weighted by molar-refractivity contribution is 6.00. The number of esters is 2. The largest absolute Gasteiger partial charge is 0.465 e. The molecular weight excluding hydrogens is 346 g/mol. The van der Waals surface area contributed by atoms with E-state index in [0.29, 0.717) is 30.4 Å². The van der Waals surface area contributed by atoms with Crippen LogP contribution in [0.5, 0.6) is 0 Å². The van der Waals surface area contributed by atoms with Crippen molar-refractivity contribution in [1.29, 1.82) is 0 Å². The van der Waals surface area contributed by atoms with E-state index in [2.05, 4.69) is 4.98 Å². The van der Waals surface area contributed by atoms with Crippen LogP contribution in [-0.2, 0) is 33.5 Å². The molecule has 0 atom stereocenters. The van der Waals surface area contributed by atoms with Crippen LogP contribution < -0.4 is 0 Å². The van der Waals surface area contributed by atoms with Gasteiger partial charge in [-0.05, 0) is 35.6 Å². The van der Waals surface area contributed by atoms with E-state index in [-0.39, 0.29) is 24.8 Å². The fourth-order valence-corrected chi connectivity index (χ4v) is 3.19. The van der Waals surface area contributed by atoms with Gasteiger partial charge in [-0.15, -0.1) is 0 Å². The molecule has 1 heterocycles. The van der Waals surface area contributed by atoms with Crippen molar-refractivity contribution in [2.45, 2.75) is 32.1 Å². The standard InChI is InChI=1S/C21H21NO5/c1-26-21(25)18-8-10-22-13-16(18)4-7-20(24)27-11-9-14-2-5-17-15(12-14)3-6-19(17)23/h2,5,8,10,12-13H,3-4,6-7,9,11H2,1H3. The molecule has 27 heavy (non-hydrogen) atoms. The fraction of sp³-hybridized carbons (Fsp3) is 0.333. The second-order valence-corrected chi connectivity index (χ2v) is 6.41. The highest BCUT2D eigenvalue weighted by Crippen LogP contribution is 2.23. The molecule has 0 amide bonds. The van der Waals surface area contributed by atoms with E-state index in [1.807, 2.05) is 18.2 Å². The molecule has 1 aromatic heterocycles. The second-order valence-electron chi connectivity index (χ2n) is 6.41. The number of ether oxygens (including phenoxy) is 2. The summed E-state index contributed by atoms with van der Waals surface area (Å²) in [7, 11) is 1.32. The van der Waals surface area contributed by atoms with Gasteiger partial charge in [0, 0.05) is 37.2 Å². The number of fused-ring (bicyclic) bond motifs is 1. The van der Waals surface area contributed by atoms with Gasteiger partial charge in [0.2, 0.25) is 0 Å². The average Bonchev–Trinajstić information content (AvgIpc) is 3.06. The molecule has 3 rings (SSSR count). The van der Waals surface area contributed by atoms with Crippen LogP contribution in [-0.4, -0.2) is 36.4 Å². The molecule has 0 saturated heterocycles. The number of carbonyl (C=O) groups excluding carboxylic acids is 3. The Morgan fingerprint density at radius 2 is 2.00 bits per heavy atom. The van der Waals surface area contributed by atoms with Gasteiger partial charge < -0.3 is 9.47 Å². The molecule has 0 radical (unpaired) electrons. The first-order chi connectivity index (χ1) is 13.1. The molecular formula is C21H21NO5. The van der Waals surface area contributed by atoms with Gasteiger partial charge in [0.1, 0.15) is 0 Å². The van der Waals surface area contributed by atoms with Crippen LogP contribution >= 0.6 is 0 Å². The van der Waals surface area contributed by atoms with Gasteiger partial charge >= 0.3 is 11.9 Å². The van der Waals surface area contributed by atoms with Gasteiger partial charge in [-0.3, -0.25) is 14.6 Å². The summed E-state index contributed by atoms with van der Waals surface area (Å²) in [5, 5.41) is 0. The van der Waals surface area contributed by atoms with E-state index >= 15 is 0 Å². The normalized spacial score (nSPS) is 12.6. The van der Waals surface area contributed by atoms with Crippen molar-refractivity contribution in [2.24, 2.45) is 0 Å². The molecule has 0 fully saturated rings. The lowest BCUT2D eigenvalue weighted by Crippen LogP contribution is -2.11. The molecule has 0 aliphatic heterocycles. The van der Waals surface area contributed by atoms with Gasteiger partial charge in [-0.25, -0.2) is 4.79 Å². The van der Waals surface area contributed by atoms with Crippen molar-refractivity contribution >= 4 is 17.7 Å². The average molecular weight is 367 g/mol. The third-order valence-corrected chi connectivity index (χ3v) is 4.65. The number of methoxy groups -OCH3 is 1. The third kappa shape index (κ3) is 4.58. The number of ketones is 1. The molecule has 0 unspecified atom stereocenters. The van der Waals surface area contributed by atoms with Crippen molar-refractivity contribution in [2.75, 3.05) is 13.7 Å². The number of pyridine rings is 1. The van der Waals surface area contributed by atoms with Crippen LogP contribution in [0.1, 0.15) is 50.2 Å².